The van der Waals surface area contributed by atoms with Gasteiger partial charge in [-0.15, -0.1) is 0 Å². The van der Waals surface area contributed by atoms with E-state index in [4.69, 9.17) is 24.4 Å². The topological polar surface area (TPSA) is 6.48 Å². The zero-order valence-electron chi connectivity index (χ0n) is 12.6. The highest BCUT2D eigenvalue weighted by Gasteiger charge is 2.07. The zero-order chi connectivity index (χ0) is 16.0. The third kappa shape index (κ3) is 7.00. The lowest BCUT2D eigenvalue weighted by Crippen LogP contribution is -2.14. The van der Waals surface area contributed by atoms with Gasteiger partial charge in [-0.05, 0) is 63.1 Å². The number of hydrogen-bond acceptors (Lipinski definition) is 6. The molecule has 0 aliphatic rings. The molecule has 1 aromatic carbocycles. The molecule has 116 valence electrons. The predicted molar refractivity (Wildman–Crippen MR) is 111 cm³/mol. The van der Waals surface area contributed by atoms with Crippen molar-refractivity contribution in [3.05, 3.63) is 23.8 Å². The number of benzene rings is 1. The molecule has 0 aliphatic heterocycles. The zero-order valence-corrected chi connectivity index (χ0v) is 17.5. The summed E-state index contributed by atoms with van der Waals surface area (Å²) >= 11 is 10.6. The molecule has 0 heterocycles. The number of hydrogen-bond donors (Lipinski definition) is 0. The minimum absolute atomic E-state index is 0.878. The second-order valence-electron chi connectivity index (χ2n) is 4.58. The normalized spacial score (nSPS) is 10.3. The Balaban J connectivity index is 2.60. The first-order valence-electron chi connectivity index (χ1n) is 6.03. The third-order valence-corrected chi connectivity index (χ3v) is 8.98. The van der Waals surface area contributed by atoms with E-state index < -0.39 is 0 Å². The first kappa shape index (κ1) is 19.4. The Labute approximate surface area is 154 Å². The Kier molecular flexibility index (Phi) is 8.82. The maximum absolute atomic E-state index is 5.28. The standard InChI is InChI=1S/C13H18N2S6/c1-9-8-10(18-20-12(16)14(2)3)6-7-11(9)19-21-13(17)15(4)5/h6-8H,1-5H3. The molecule has 0 bridgehead atoms. The van der Waals surface area contributed by atoms with Crippen LogP contribution in [0, 0.1) is 6.92 Å². The Bertz CT molecular complexity index is 515. The predicted octanol–water partition coefficient (Wildman–Crippen LogP) is 5.17. The van der Waals surface area contributed by atoms with Crippen LogP contribution in [0.1, 0.15) is 5.56 Å². The summed E-state index contributed by atoms with van der Waals surface area (Å²) in [6.07, 6.45) is 0. The number of thiocarbonyl (C=S) groups is 2. The van der Waals surface area contributed by atoms with Crippen molar-refractivity contribution in [1.82, 2.24) is 9.80 Å². The molecule has 0 unspecified atom stereocenters. The van der Waals surface area contributed by atoms with Crippen LogP contribution >= 0.6 is 67.6 Å². The van der Waals surface area contributed by atoms with Gasteiger partial charge in [-0.3, -0.25) is 0 Å². The van der Waals surface area contributed by atoms with E-state index in [-0.39, 0.29) is 0 Å². The van der Waals surface area contributed by atoms with Crippen molar-refractivity contribution in [2.45, 2.75) is 16.7 Å². The van der Waals surface area contributed by atoms with Crippen molar-refractivity contribution in [2.24, 2.45) is 0 Å². The van der Waals surface area contributed by atoms with Crippen LogP contribution in [-0.2, 0) is 0 Å². The van der Waals surface area contributed by atoms with Gasteiger partial charge in [0.15, 0.2) is 0 Å². The summed E-state index contributed by atoms with van der Waals surface area (Å²) in [5.74, 6) is 0. The molecule has 8 heteroatoms. The molecule has 0 saturated heterocycles. The molecule has 0 aliphatic carbocycles. The van der Waals surface area contributed by atoms with Crippen molar-refractivity contribution < 1.29 is 0 Å². The fourth-order valence-corrected chi connectivity index (χ4v) is 5.73. The third-order valence-electron chi connectivity index (χ3n) is 2.29. The van der Waals surface area contributed by atoms with E-state index in [0.717, 1.165) is 8.64 Å². The summed E-state index contributed by atoms with van der Waals surface area (Å²) in [6, 6.07) is 6.47. The number of rotatable bonds is 4. The second-order valence-corrected chi connectivity index (χ2v) is 10.2. The van der Waals surface area contributed by atoms with Crippen LogP contribution in [-0.4, -0.2) is 46.6 Å². The second kappa shape index (κ2) is 9.52. The largest absolute Gasteiger partial charge is 0.363 e. The van der Waals surface area contributed by atoms with Gasteiger partial charge in [0.25, 0.3) is 0 Å². The van der Waals surface area contributed by atoms with Gasteiger partial charge in [0.1, 0.15) is 8.64 Å². The minimum atomic E-state index is 0.878. The molecular formula is C13H18N2S6. The SMILES string of the molecule is Cc1cc(SSC(=S)N(C)C)ccc1SSC(=S)N(C)C. The molecule has 1 aromatic rings. The van der Waals surface area contributed by atoms with E-state index in [1.807, 2.05) is 38.0 Å². The molecule has 0 N–H and O–H groups in total. The highest BCUT2D eigenvalue weighted by molar-refractivity contribution is 8.84. The van der Waals surface area contributed by atoms with Crippen LogP contribution in [0.15, 0.2) is 28.0 Å². The Morgan fingerprint density at radius 2 is 1.43 bits per heavy atom. The molecule has 2 nitrogen and oxygen atoms in total. The minimum Gasteiger partial charge on any atom is -0.363 e. The van der Waals surface area contributed by atoms with Crippen LogP contribution < -0.4 is 0 Å². The van der Waals surface area contributed by atoms with E-state index in [1.165, 1.54) is 15.4 Å². The lowest BCUT2D eigenvalue weighted by atomic mass is 10.2. The van der Waals surface area contributed by atoms with Gasteiger partial charge in [0, 0.05) is 38.0 Å². The Morgan fingerprint density at radius 3 is 1.90 bits per heavy atom. The van der Waals surface area contributed by atoms with Crippen LogP contribution in [0.25, 0.3) is 0 Å². The molecule has 21 heavy (non-hydrogen) atoms. The van der Waals surface area contributed by atoms with Crippen molar-refractivity contribution in [1.29, 1.82) is 0 Å². The van der Waals surface area contributed by atoms with Gasteiger partial charge in [-0.25, -0.2) is 0 Å². The number of aryl methyl sites for hydroxylation is 1. The summed E-state index contributed by atoms with van der Waals surface area (Å²) in [4.78, 5) is 6.36. The van der Waals surface area contributed by atoms with Crippen molar-refractivity contribution in [2.75, 3.05) is 28.2 Å². The first-order valence-corrected chi connectivity index (χ1v) is 11.1. The summed E-state index contributed by atoms with van der Waals surface area (Å²) in [7, 11) is 14.5. The van der Waals surface area contributed by atoms with Crippen LogP contribution in [0.2, 0.25) is 0 Å². The molecular weight excluding hydrogens is 377 g/mol. The van der Waals surface area contributed by atoms with E-state index >= 15 is 0 Å². The summed E-state index contributed by atoms with van der Waals surface area (Å²) < 4.78 is 1.76. The van der Waals surface area contributed by atoms with Gasteiger partial charge < -0.3 is 9.80 Å². The van der Waals surface area contributed by atoms with Crippen LogP contribution in [0.4, 0.5) is 0 Å². The molecule has 0 aromatic heterocycles. The molecule has 0 saturated carbocycles. The van der Waals surface area contributed by atoms with Crippen LogP contribution in [0.3, 0.4) is 0 Å². The van der Waals surface area contributed by atoms with E-state index in [9.17, 15) is 0 Å². The highest BCUT2D eigenvalue weighted by Crippen LogP contribution is 2.38. The van der Waals surface area contributed by atoms with Crippen molar-refractivity contribution >= 4 is 76.3 Å². The number of nitrogens with zero attached hydrogens (tertiary/aromatic N) is 2. The first-order chi connectivity index (χ1) is 9.81. The summed E-state index contributed by atoms with van der Waals surface area (Å²) in [6.45, 7) is 2.13. The lowest BCUT2D eigenvalue weighted by Gasteiger charge is -2.14. The molecule has 0 fully saturated rings. The van der Waals surface area contributed by atoms with Crippen molar-refractivity contribution in [3.63, 3.8) is 0 Å². The van der Waals surface area contributed by atoms with Crippen LogP contribution in [0.5, 0.6) is 0 Å². The van der Waals surface area contributed by atoms with Gasteiger partial charge in [0.05, 0.1) is 0 Å². The van der Waals surface area contributed by atoms with E-state index in [1.54, 1.807) is 43.2 Å². The van der Waals surface area contributed by atoms with Gasteiger partial charge in [-0.2, -0.15) is 0 Å². The quantitative estimate of drug-likeness (QED) is 0.503. The lowest BCUT2D eigenvalue weighted by molar-refractivity contribution is 0.648. The van der Waals surface area contributed by atoms with E-state index in [2.05, 4.69) is 25.1 Å². The Hall–Kier alpha value is 0.400. The molecule has 1 rings (SSSR count). The summed E-state index contributed by atoms with van der Waals surface area (Å²) in [5, 5.41) is 0. The van der Waals surface area contributed by atoms with Crippen molar-refractivity contribution in [3.8, 4) is 0 Å². The van der Waals surface area contributed by atoms with Gasteiger partial charge in [-0.1, -0.05) is 35.2 Å². The summed E-state index contributed by atoms with van der Waals surface area (Å²) in [5.41, 5.74) is 1.26. The monoisotopic (exact) mass is 394 g/mol. The average molecular weight is 395 g/mol. The smallest absolute Gasteiger partial charge is 0.146 e. The maximum Gasteiger partial charge on any atom is 0.146 e. The fraction of sp³-hybridized carbons (Fsp3) is 0.385. The maximum atomic E-state index is 5.28. The molecule has 0 atom stereocenters. The highest BCUT2D eigenvalue weighted by atomic mass is 33.1. The van der Waals surface area contributed by atoms with Gasteiger partial charge in [0.2, 0.25) is 0 Å². The Morgan fingerprint density at radius 1 is 0.905 bits per heavy atom. The molecule has 0 amide bonds. The molecule has 0 radical (unpaired) electrons. The van der Waals surface area contributed by atoms with Gasteiger partial charge >= 0.3 is 0 Å². The average Bonchev–Trinajstić information content (AvgIpc) is 2.42. The molecule has 0 spiro atoms. The fourth-order valence-electron chi connectivity index (χ4n) is 1.08. The van der Waals surface area contributed by atoms with E-state index in [0.29, 0.717) is 0 Å².